The Morgan fingerprint density at radius 2 is 1.26 bits per heavy atom. The molecule has 1 aliphatic rings. The summed E-state index contributed by atoms with van der Waals surface area (Å²) < 4.78 is 11.8. The van der Waals surface area contributed by atoms with Gasteiger partial charge in [0.15, 0.2) is 6.29 Å². The summed E-state index contributed by atoms with van der Waals surface area (Å²) in [6.07, 6.45) is 0.558. The van der Waals surface area contributed by atoms with E-state index in [2.05, 4.69) is 103 Å². The van der Waals surface area contributed by atoms with Crippen LogP contribution in [-0.4, -0.2) is 12.9 Å². The van der Waals surface area contributed by atoms with Crippen molar-refractivity contribution in [2.75, 3.05) is 6.61 Å². The fraction of sp³-hybridized carbons (Fsp3) is 0.172. The highest BCUT2D eigenvalue weighted by atomic mass is 79.9. The Balaban J connectivity index is 0.00000274. The van der Waals surface area contributed by atoms with Crippen LogP contribution in [0.5, 0.6) is 0 Å². The lowest BCUT2D eigenvalue weighted by Gasteiger charge is -2.29. The molecule has 1 heterocycles. The zero-order valence-electron chi connectivity index (χ0n) is 19.0. The molecule has 2 atom stereocenters. The number of hydrogen-bond acceptors (Lipinski definition) is 2. The van der Waals surface area contributed by atoms with Gasteiger partial charge in [-0.1, -0.05) is 72.3 Å². The Morgan fingerprint density at radius 1 is 0.765 bits per heavy atom. The van der Waals surface area contributed by atoms with Gasteiger partial charge in [0.2, 0.25) is 0 Å². The van der Waals surface area contributed by atoms with E-state index in [4.69, 9.17) is 21.1 Å². The lowest BCUT2D eigenvalue weighted by atomic mass is 10.0. The van der Waals surface area contributed by atoms with E-state index in [0.29, 0.717) is 6.61 Å². The third kappa shape index (κ3) is 5.00. The van der Waals surface area contributed by atoms with Gasteiger partial charge in [-0.2, -0.15) is 0 Å². The highest BCUT2D eigenvalue weighted by molar-refractivity contribution is 7.95. The Kier molecular flexibility index (Phi) is 8.24. The quantitative estimate of drug-likeness (QED) is 0.341. The van der Waals surface area contributed by atoms with E-state index in [1.165, 1.54) is 21.5 Å². The second-order valence-corrected chi connectivity index (χ2v) is 12.3. The van der Waals surface area contributed by atoms with Gasteiger partial charge in [-0.15, -0.1) is 0 Å². The van der Waals surface area contributed by atoms with Crippen LogP contribution in [0.1, 0.15) is 24.2 Å². The summed E-state index contributed by atoms with van der Waals surface area (Å²) in [7, 11) is -2.01. The first-order valence-corrected chi connectivity index (χ1v) is 13.6. The molecule has 0 N–H and O–H groups in total. The summed E-state index contributed by atoms with van der Waals surface area (Å²) >= 11 is 6.47. The van der Waals surface area contributed by atoms with Crippen LogP contribution in [0.15, 0.2) is 109 Å². The van der Waals surface area contributed by atoms with Crippen molar-refractivity contribution in [2.24, 2.45) is 0 Å². The van der Waals surface area contributed by atoms with Gasteiger partial charge in [-0.25, -0.2) is 0 Å². The summed E-state index contributed by atoms with van der Waals surface area (Å²) in [5.41, 5.74) is 2.38. The topological polar surface area (TPSA) is 18.5 Å². The molecular weight excluding hydrogens is 527 g/mol. The van der Waals surface area contributed by atoms with E-state index in [1.54, 1.807) is 0 Å². The molecule has 0 bridgehead atoms. The monoisotopic (exact) mass is 552 g/mol. The number of hydrogen-bond donors (Lipinski definition) is 0. The molecule has 0 aliphatic carbocycles. The molecule has 2 nitrogen and oxygen atoms in total. The Morgan fingerprint density at radius 3 is 1.71 bits per heavy atom. The molecular formula is C29H27BrClO2P. The van der Waals surface area contributed by atoms with Gasteiger partial charge in [0.1, 0.15) is 29.3 Å². The molecule has 0 amide bonds. The highest BCUT2D eigenvalue weighted by Crippen LogP contribution is 2.58. The van der Waals surface area contributed by atoms with E-state index >= 15 is 0 Å². The molecule has 1 fully saturated rings. The predicted molar refractivity (Wildman–Crippen MR) is 140 cm³/mol. The van der Waals surface area contributed by atoms with Gasteiger partial charge in [-0.05, 0) is 66.6 Å². The maximum absolute atomic E-state index is 6.47. The van der Waals surface area contributed by atoms with Gasteiger partial charge in [0, 0.05) is 5.02 Å². The average molecular weight is 554 g/mol. The van der Waals surface area contributed by atoms with Crippen molar-refractivity contribution in [1.29, 1.82) is 0 Å². The molecule has 0 spiro atoms. The molecule has 4 aromatic rings. The molecule has 5 rings (SSSR count). The predicted octanol–water partition coefficient (Wildman–Crippen LogP) is 3.27. The zero-order chi connectivity index (χ0) is 22.7. The second-order valence-electron chi connectivity index (χ2n) is 8.34. The normalized spacial score (nSPS) is 17.8. The minimum Gasteiger partial charge on any atom is -1.00 e. The van der Waals surface area contributed by atoms with Gasteiger partial charge >= 0.3 is 0 Å². The highest BCUT2D eigenvalue weighted by Gasteiger charge is 2.46. The summed E-state index contributed by atoms with van der Waals surface area (Å²) in [5.74, 6) is 0. The summed E-state index contributed by atoms with van der Waals surface area (Å²) in [6, 6.07) is 39.0. The minimum absolute atomic E-state index is 0. The number of benzene rings is 4. The van der Waals surface area contributed by atoms with Crippen molar-refractivity contribution in [3.8, 4) is 0 Å². The molecule has 2 unspecified atom stereocenters. The Bertz CT molecular complexity index is 1110. The van der Waals surface area contributed by atoms with Crippen LogP contribution in [0.3, 0.4) is 0 Å². The van der Waals surface area contributed by atoms with Crippen LogP contribution in [0.25, 0.3) is 0 Å². The van der Waals surface area contributed by atoms with Crippen molar-refractivity contribution in [3.63, 3.8) is 0 Å². The largest absolute Gasteiger partial charge is 1.00 e. The Labute approximate surface area is 218 Å². The first-order valence-electron chi connectivity index (χ1n) is 11.3. The minimum atomic E-state index is -2.01. The van der Waals surface area contributed by atoms with E-state index in [1.807, 2.05) is 13.0 Å². The lowest BCUT2D eigenvalue weighted by molar-refractivity contribution is -0.0427. The third-order valence-electron chi connectivity index (χ3n) is 6.29. The summed E-state index contributed by atoms with van der Waals surface area (Å²) in [6.45, 7) is 2.49. The van der Waals surface area contributed by atoms with Crippen molar-refractivity contribution in [1.82, 2.24) is 0 Å². The maximum Gasteiger partial charge on any atom is 0.155 e. The van der Waals surface area contributed by atoms with Crippen LogP contribution in [0, 0.1) is 0 Å². The van der Waals surface area contributed by atoms with Gasteiger partial charge in [0.05, 0.1) is 12.8 Å². The maximum atomic E-state index is 6.47. The smallest absolute Gasteiger partial charge is 0.155 e. The number of rotatable bonds is 6. The van der Waals surface area contributed by atoms with E-state index in [-0.39, 0.29) is 29.4 Å². The van der Waals surface area contributed by atoms with Crippen molar-refractivity contribution in [3.05, 3.63) is 125 Å². The number of ether oxygens (including phenoxy) is 2. The van der Waals surface area contributed by atoms with Gasteiger partial charge in [-0.3, -0.25) is 0 Å². The standard InChI is InChI=1S/C29H27ClO2P.BrH/c1-22-31-20-29(32-22)28-19-24(30)18-17-23(28)21-33(25-11-5-2-6-12-25,26-13-7-3-8-14-26)27-15-9-4-10-16-27;/h2-19,22,29H,20-21H2,1H3;1H/q+1;/p-1. The molecule has 1 aliphatic heterocycles. The average Bonchev–Trinajstić information content (AvgIpc) is 3.31. The molecule has 174 valence electrons. The molecule has 34 heavy (non-hydrogen) atoms. The van der Waals surface area contributed by atoms with Crippen molar-refractivity contribution < 1.29 is 26.5 Å². The molecule has 0 radical (unpaired) electrons. The SMILES string of the molecule is CC1OCC(c2cc(Cl)ccc2C[P+](c2ccccc2)(c2ccccc2)c2ccccc2)O1.[Br-]. The van der Waals surface area contributed by atoms with E-state index < -0.39 is 7.26 Å². The zero-order valence-corrected chi connectivity index (χ0v) is 22.2. The fourth-order valence-electron chi connectivity index (χ4n) is 4.73. The first kappa shape index (κ1) is 25.1. The van der Waals surface area contributed by atoms with Crippen LogP contribution in [0.2, 0.25) is 5.02 Å². The van der Waals surface area contributed by atoms with Crippen molar-refractivity contribution in [2.45, 2.75) is 25.5 Å². The summed E-state index contributed by atoms with van der Waals surface area (Å²) in [4.78, 5) is 0. The lowest BCUT2D eigenvalue weighted by Crippen LogP contribution is -3.00. The third-order valence-corrected chi connectivity index (χ3v) is 10.9. The Hall–Kier alpha value is -2.00. The van der Waals surface area contributed by atoms with E-state index in [0.717, 1.165) is 16.7 Å². The molecule has 4 aromatic carbocycles. The molecule has 1 saturated heterocycles. The second kappa shape index (κ2) is 11.2. The van der Waals surface area contributed by atoms with Crippen LogP contribution >= 0.6 is 18.9 Å². The fourth-order valence-corrected chi connectivity index (χ4v) is 9.19. The molecule has 5 heteroatoms. The first-order chi connectivity index (χ1) is 16.2. The molecule has 0 aromatic heterocycles. The number of halogens is 2. The summed E-state index contributed by atoms with van der Waals surface area (Å²) in [5, 5.41) is 4.81. The van der Waals surface area contributed by atoms with Crippen molar-refractivity contribution >= 4 is 34.8 Å². The molecule has 0 saturated carbocycles. The van der Waals surface area contributed by atoms with Crippen LogP contribution in [0.4, 0.5) is 0 Å². The van der Waals surface area contributed by atoms with Crippen LogP contribution in [-0.2, 0) is 15.6 Å². The van der Waals surface area contributed by atoms with Crippen LogP contribution < -0.4 is 32.9 Å². The van der Waals surface area contributed by atoms with Gasteiger partial charge in [0.25, 0.3) is 0 Å². The van der Waals surface area contributed by atoms with Gasteiger partial charge < -0.3 is 26.5 Å². The van der Waals surface area contributed by atoms with E-state index in [9.17, 15) is 0 Å².